The van der Waals surface area contributed by atoms with E-state index in [0.29, 0.717) is 11.8 Å². The van der Waals surface area contributed by atoms with Crippen molar-refractivity contribution in [2.75, 3.05) is 0 Å². The molecule has 0 bridgehead atoms. The van der Waals surface area contributed by atoms with E-state index in [0.717, 1.165) is 12.5 Å². The molecule has 14 heavy (non-hydrogen) atoms. The van der Waals surface area contributed by atoms with Gasteiger partial charge in [0, 0.05) is 18.6 Å². The van der Waals surface area contributed by atoms with Gasteiger partial charge in [-0.1, -0.05) is 0 Å². The normalized spacial score (nSPS) is 16.3. The summed E-state index contributed by atoms with van der Waals surface area (Å²) in [6.45, 7) is 0. The molecule has 1 aliphatic carbocycles. The second kappa shape index (κ2) is 3.61. The number of hydrogen-bond donors (Lipinski definition) is 1. The van der Waals surface area contributed by atoms with E-state index in [2.05, 4.69) is 10.2 Å². The van der Waals surface area contributed by atoms with Gasteiger partial charge in [0.1, 0.15) is 0 Å². The Morgan fingerprint density at radius 1 is 1.57 bits per heavy atom. The van der Waals surface area contributed by atoms with Gasteiger partial charge in [-0.3, -0.25) is 0 Å². The Hall–Kier alpha value is -1.65. The fourth-order valence-electron chi connectivity index (χ4n) is 1.13. The highest BCUT2D eigenvalue weighted by Crippen LogP contribution is 2.32. The van der Waals surface area contributed by atoms with Crippen molar-refractivity contribution < 1.29 is 14.3 Å². The van der Waals surface area contributed by atoms with E-state index in [1.54, 1.807) is 0 Å². The molecular formula is C9H10N2O3. The molecule has 2 rings (SSSR count). The Bertz CT molecular complexity index is 366. The van der Waals surface area contributed by atoms with Crippen molar-refractivity contribution in [3.8, 4) is 0 Å². The van der Waals surface area contributed by atoms with E-state index >= 15 is 0 Å². The minimum absolute atomic E-state index is 0.253. The first-order valence-electron chi connectivity index (χ1n) is 4.47. The zero-order valence-electron chi connectivity index (χ0n) is 7.51. The Kier molecular flexibility index (Phi) is 2.30. The van der Waals surface area contributed by atoms with E-state index in [1.165, 1.54) is 18.9 Å². The molecule has 0 amide bonds. The van der Waals surface area contributed by atoms with Crippen LogP contribution in [0.25, 0.3) is 6.08 Å². The topological polar surface area (TPSA) is 76.2 Å². The minimum Gasteiger partial charge on any atom is -0.478 e. The Morgan fingerprint density at radius 3 is 3.00 bits per heavy atom. The summed E-state index contributed by atoms with van der Waals surface area (Å²) in [5.74, 6) is 0.513. The molecule has 74 valence electrons. The van der Waals surface area contributed by atoms with Crippen LogP contribution >= 0.6 is 0 Å². The van der Waals surface area contributed by atoms with Crippen LogP contribution in [0.4, 0.5) is 0 Å². The standard InChI is InChI=1S/C9H10N2O3/c12-9(13)4-3-7-10-11-8(14-7)5-6-1-2-6/h3-4,6H,1-2,5H2,(H,12,13)/b4-3+. The van der Waals surface area contributed by atoms with Crippen LogP contribution in [0.2, 0.25) is 0 Å². The molecule has 1 fully saturated rings. The van der Waals surface area contributed by atoms with Crippen LogP contribution < -0.4 is 0 Å². The molecule has 1 aliphatic rings. The minimum atomic E-state index is -1.02. The highest BCUT2D eigenvalue weighted by molar-refractivity contribution is 5.84. The zero-order valence-corrected chi connectivity index (χ0v) is 7.51. The SMILES string of the molecule is O=C(O)/C=C/c1nnc(CC2CC2)o1. The quantitative estimate of drug-likeness (QED) is 0.727. The number of nitrogens with zero attached hydrogens (tertiary/aromatic N) is 2. The summed E-state index contributed by atoms with van der Waals surface area (Å²) in [6, 6.07) is 0. The second-order valence-electron chi connectivity index (χ2n) is 3.35. The molecule has 1 heterocycles. The molecule has 5 nitrogen and oxygen atoms in total. The van der Waals surface area contributed by atoms with E-state index in [4.69, 9.17) is 9.52 Å². The average molecular weight is 194 g/mol. The summed E-state index contributed by atoms with van der Waals surface area (Å²) in [7, 11) is 0. The third-order valence-electron chi connectivity index (χ3n) is 2.01. The van der Waals surface area contributed by atoms with Crippen LogP contribution in [-0.4, -0.2) is 21.3 Å². The Morgan fingerprint density at radius 2 is 2.36 bits per heavy atom. The zero-order chi connectivity index (χ0) is 9.97. The molecule has 1 aromatic rings. The molecule has 0 aromatic carbocycles. The fourth-order valence-corrected chi connectivity index (χ4v) is 1.13. The summed E-state index contributed by atoms with van der Waals surface area (Å²) >= 11 is 0. The van der Waals surface area contributed by atoms with Crippen molar-refractivity contribution in [1.29, 1.82) is 0 Å². The third kappa shape index (κ3) is 2.42. The predicted octanol–water partition coefficient (Wildman–Crippen LogP) is 1.12. The van der Waals surface area contributed by atoms with Gasteiger partial charge in [-0.05, 0) is 18.8 Å². The van der Waals surface area contributed by atoms with Crippen LogP contribution in [-0.2, 0) is 11.2 Å². The van der Waals surface area contributed by atoms with Crippen LogP contribution in [0, 0.1) is 5.92 Å². The molecule has 0 atom stereocenters. The summed E-state index contributed by atoms with van der Waals surface area (Å²) in [5, 5.41) is 15.9. The van der Waals surface area contributed by atoms with Crippen molar-refractivity contribution in [2.24, 2.45) is 5.92 Å². The second-order valence-corrected chi connectivity index (χ2v) is 3.35. The molecule has 1 aromatic heterocycles. The number of aromatic nitrogens is 2. The van der Waals surface area contributed by atoms with Gasteiger partial charge in [0.2, 0.25) is 11.8 Å². The van der Waals surface area contributed by atoms with Crippen LogP contribution in [0.1, 0.15) is 24.6 Å². The van der Waals surface area contributed by atoms with E-state index in [9.17, 15) is 4.79 Å². The van der Waals surface area contributed by atoms with Gasteiger partial charge in [0.15, 0.2) is 0 Å². The van der Waals surface area contributed by atoms with Gasteiger partial charge in [-0.2, -0.15) is 0 Å². The van der Waals surface area contributed by atoms with Gasteiger partial charge < -0.3 is 9.52 Å². The lowest BCUT2D eigenvalue weighted by atomic mass is 10.3. The van der Waals surface area contributed by atoms with Crippen molar-refractivity contribution in [1.82, 2.24) is 10.2 Å². The molecule has 5 heteroatoms. The molecule has 1 N–H and O–H groups in total. The van der Waals surface area contributed by atoms with Crippen LogP contribution in [0.15, 0.2) is 10.5 Å². The molecule has 0 unspecified atom stereocenters. The van der Waals surface area contributed by atoms with Gasteiger partial charge in [0.25, 0.3) is 0 Å². The first-order chi connectivity index (χ1) is 6.74. The Labute approximate surface area is 80.4 Å². The number of rotatable bonds is 4. The first kappa shape index (κ1) is 8.93. The maximum absolute atomic E-state index is 10.2. The number of hydrogen-bond acceptors (Lipinski definition) is 4. The molecule has 0 radical (unpaired) electrons. The first-order valence-corrected chi connectivity index (χ1v) is 4.47. The predicted molar refractivity (Wildman–Crippen MR) is 47.4 cm³/mol. The molecule has 1 saturated carbocycles. The van der Waals surface area contributed by atoms with Gasteiger partial charge >= 0.3 is 5.97 Å². The Balaban J connectivity index is 1.97. The number of aliphatic carboxylic acids is 1. The van der Waals surface area contributed by atoms with Gasteiger partial charge in [-0.15, -0.1) is 10.2 Å². The van der Waals surface area contributed by atoms with Crippen LogP contribution in [0.5, 0.6) is 0 Å². The lowest BCUT2D eigenvalue weighted by Gasteiger charge is -1.86. The van der Waals surface area contributed by atoms with Crippen LogP contribution in [0.3, 0.4) is 0 Å². The third-order valence-corrected chi connectivity index (χ3v) is 2.01. The van der Waals surface area contributed by atoms with Crippen molar-refractivity contribution >= 4 is 12.0 Å². The van der Waals surface area contributed by atoms with Crippen molar-refractivity contribution in [2.45, 2.75) is 19.3 Å². The number of carboxylic acid groups (broad SMARTS) is 1. The van der Waals surface area contributed by atoms with Gasteiger partial charge in [-0.25, -0.2) is 4.79 Å². The number of carboxylic acids is 1. The fraction of sp³-hybridized carbons (Fsp3) is 0.444. The maximum atomic E-state index is 10.2. The molecule has 0 spiro atoms. The maximum Gasteiger partial charge on any atom is 0.328 e. The molecule has 0 aliphatic heterocycles. The summed E-state index contributed by atoms with van der Waals surface area (Å²) in [5.41, 5.74) is 0. The largest absolute Gasteiger partial charge is 0.478 e. The molecular weight excluding hydrogens is 184 g/mol. The lowest BCUT2D eigenvalue weighted by molar-refractivity contribution is -0.131. The molecule has 0 saturated heterocycles. The highest BCUT2D eigenvalue weighted by atomic mass is 16.4. The highest BCUT2D eigenvalue weighted by Gasteiger charge is 2.24. The number of carbonyl (C=O) groups is 1. The van der Waals surface area contributed by atoms with E-state index < -0.39 is 5.97 Å². The summed E-state index contributed by atoms with van der Waals surface area (Å²) in [4.78, 5) is 10.2. The van der Waals surface area contributed by atoms with Crippen molar-refractivity contribution in [3.05, 3.63) is 17.9 Å². The smallest absolute Gasteiger partial charge is 0.328 e. The van der Waals surface area contributed by atoms with E-state index in [-0.39, 0.29) is 5.89 Å². The monoisotopic (exact) mass is 194 g/mol. The summed E-state index contributed by atoms with van der Waals surface area (Å²) in [6.07, 6.45) is 5.54. The average Bonchev–Trinajstić information content (AvgIpc) is 2.81. The summed E-state index contributed by atoms with van der Waals surface area (Å²) < 4.78 is 5.21. The van der Waals surface area contributed by atoms with E-state index in [1.807, 2.05) is 0 Å². The lowest BCUT2D eigenvalue weighted by Crippen LogP contribution is -1.85. The van der Waals surface area contributed by atoms with Crippen molar-refractivity contribution in [3.63, 3.8) is 0 Å². The van der Waals surface area contributed by atoms with Gasteiger partial charge in [0.05, 0.1) is 0 Å².